The number of nitrogen functional groups attached to an aromatic ring is 1. The van der Waals surface area contributed by atoms with Crippen molar-refractivity contribution in [3.63, 3.8) is 0 Å². The van der Waals surface area contributed by atoms with Crippen molar-refractivity contribution in [2.45, 2.75) is 50.9 Å². The van der Waals surface area contributed by atoms with Crippen LogP contribution in [0.1, 0.15) is 36.9 Å². The molecule has 4 rings (SSSR count). The van der Waals surface area contributed by atoms with Crippen LogP contribution in [0.15, 0.2) is 43.0 Å². The Bertz CT molecular complexity index is 2020. The molecule has 1 fully saturated rings. The molecule has 8 atom stereocenters. The van der Waals surface area contributed by atoms with E-state index >= 15 is 0 Å². The van der Waals surface area contributed by atoms with Gasteiger partial charge in [0.2, 0.25) is 16.9 Å². The van der Waals surface area contributed by atoms with E-state index in [-0.39, 0.29) is 98.2 Å². The molecule has 24 nitrogen and oxygen atoms in total. The van der Waals surface area contributed by atoms with Crippen molar-refractivity contribution in [3.05, 3.63) is 48.5 Å². The van der Waals surface area contributed by atoms with E-state index < -0.39 is 84.6 Å². The van der Waals surface area contributed by atoms with Crippen molar-refractivity contribution in [2.75, 3.05) is 37.8 Å². The van der Waals surface area contributed by atoms with Crippen LogP contribution < -0.4 is 87.6 Å². The van der Waals surface area contributed by atoms with Crippen LogP contribution in [0.2, 0.25) is 0 Å². The maximum Gasteiger partial charge on any atom is 1.00 e. The van der Waals surface area contributed by atoms with Gasteiger partial charge < -0.3 is 64.5 Å². The van der Waals surface area contributed by atoms with Crippen molar-refractivity contribution >= 4 is 69.1 Å². The number of hydrogen-bond acceptors (Lipinski definition) is 21. The van der Waals surface area contributed by atoms with Gasteiger partial charge in [0.25, 0.3) is 23.5 Å². The number of benzene rings is 1. The summed E-state index contributed by atoms with van der Waals surface area (Å²) in [5, 5.41) is 26.1. The summed E-state index contributed by atoms with van der Waals surface area (Å²) in [5.41, 5.74) is 4.62. The van der Waals surface area contributed by atoms with Crippen molar-refractivity contribution in [1.82, 2.24) is 30.2 Å². The average molecular weight is 889 g/mol. The summed E-state index contributed by atoms with van der Waals surface area (Å²) in [6, 6.07) is 8.55. The molecule has 1 aliphatic heterocycles. The zero-order valence-electron chi connectivity index (χ0n) is 32.3. The Morgan fingerprint density at radius 2 is 1.66 bits per heavy atom. The third-order valence-electron chi connectivity index (χ3n) is 7.72. The quantitative estimate of drug-likeness (QED) is 0.0348. The number of nitrogens with zero attached hydrogens (tertiary/aromatic N) is 4. The predicted octanol–water partition coefficient (Wildman–Crippen LogP) is -10.9. The molecule has 7 N–H and O–H groups in total. The fourth-order valence-electron chi connectivity index (χ4n) is 4.91. The summed E-state index contributed by atoms with van der Waals surface area (Å²) >= 11 is 1.01. The molecule has 0 radical (unpaired) electrons. The summed E-state index contributed by atoms with van der Waals surface area (Å²) in [5.74, 6) is -1.26. The number of carbonyl (C=O) groups excluding carboxylic acids is 3. The number of nitrogens with two attached hydrogens (primary N) is 1. The Hall–Kier alpha value is -1.43. The monoisotopic (exact) mass is 889 g/mol. The number of amides is 2. The van der Waals surface area contributed by atoms with Crippen LogP contribution in [0.4, 0.5) is 5.82 Å². The second kappa shape index (κ2) is 23.9. The van der Waals surface area contributed by atoms with E-state index in [0.29, 0.717) is 11.3 Å². The van der Waals surface area contributed by atoms with E-state index in [0.717, 1.165) is 29.0 Å². The first-order chi connectivity index (χ1) is 26.1. The van der Waals surface area contributed by atoms with Gasteiger partial charge in [0.1, 0.15) is 36.3 Å². The first-order valence-electron chi connectivity index (χ1n) is 16.1. The van der Waals surface area contributed by atoms with Gasteiger partial charge in [0.15, 0.2) is 17.7 Å². The Kier molecular flexibility index (Phi) is 22.5. The second-order valence-corrected chi connectivity index (χ2v) is 17.7. The van der Waals surface area contributed by atoms with Crippen LogP contribution in [-0.2, 0) is 45.9 Å². The SMILES string of the molecule is CC(C)(COP(=O)([O-])OP(=O)([O-])OCC1OC(n2cnc3c(N)ncnc32)C(O)C1OP(=O)([O-])O)C(O)C(=O)NCCC(=O)NCCSC(=O)c1ccccc1.[Li+].[Li+].[Li+]. The standard InChI is InChI=1S/C28H40N7O17P3S.3Li/c1-28(2,22(38)25(39)31-9-8-18(36)30-10-11-56-27(40)16-6-4-3-5-7-16)13-49-55(46,47)52-54(44,45)48-12-17-21(51-53(41,42)43)20(37)26(50-17)35-15-34-19-23(29)32-14-33-24(19)35;;;/h3-7,14-15,17,20-22,26,37-38H,8-13H2,1-2H3,(H,30,36)(H,31,39)(H,44,45)(H,46,47)(H2,29,32,33)(H2,41,42,43);;;/q;3*+1/p-3. The number of phosphoric ester groups is 3. The van der Waals surface area contributed by atoms with Gasteiger partial charge in [-0.25, -0.2) is 19.3 Å². The zero-order valence-corrected chi connectivity index (χ0v) is 35.8. The minimum atomic E-state index is -5.90. The van der Waals surface area contributed by atoms with Crippen molar-refractivity contribution in [3.8, 4) is 0 Å². The molecule has 3 aromatic rings. The molecule has 0 bridgehead atoms. The zero-order chi connectivity index (χ0) is 41.5. The maximum atomic E-state index is 12.5. The minimum Gasteiger partial charge on any atom is -0.756 e. The molecule has 1 aromatic carbocycles. The minimum absolute atomic E-state index is 0. The molecule has 8 unspecified atom stereocenters. The number of hydrogen-bond donors (Lipinski definition) is 6. The normalized spacial score (nSPS) is 21.3. The van der Waals surface area contributed by atoms with Gasteiger partial charge in [0, 0.05) is 36.2 Å². The van der Waals surface area contributed by atoms with E-state index in [1.165, 1.54) is 13.8 Å². The van der Waals surface area contributed by atoms with Crippen LogP contribution in [0.25, 0.3) is 11.2 Å². The Labute approximate surface area is 376 Å². The summed E-state index contributed by atoms with van der Waals surface area (Å²) in [7, 11) is -17.3. The number of nitrogens with one attached hydrogen (secondary N) is 2. The number of phosphoric acid groups is 3. The topological polar surface area (TPSA) is 372 Å². The fraction of sp³-hybridized carbons (Fsp3) is 0.500. The van der Waals surface area contributed by atoms with E-state index in [1.54, 1.807) is 30.3 Å². The van der Waals surface area contributed by atoms with Crippen LogP contribution >= 0.6 is 35.2 Å². The van der Waals surface area contributed by atoms with Crippen LogP contribution in [0, 0.1) is 5.41 Å². The first-order valence-corrected chi connectivity index (χ1v) is 21.6. The number of aliphatic hydroxyl groups is 2. The average Bonchev–Trinajstić information content (AvgIpc) is 3.68. The molecular weight excluding hydrogens is 852 g/mol. The molecule has 310 valence electrons. The molecule has 2 aromatic heterocycles. The van der Waals surface area contributed by atoms with Gasteiger partial charge in [0.05, 0.1) is 19.5 Å². The van der Waals surface area contributed by atoms with Gasteiger partial charge in [-0.1, -0.05) is 55.9 Å². The Morgan fingerprint density at radius 3 is 2.31 bits per heavy atom. The first kappa shape index (κ1) is 55.6. The van der Waals surface area contributed by atoms with Gasteiger partial charge in [-0.2, -0.15) is 0 Å². The fourth-order valence-corrected chi connectivity index (χ4v) is 8.35. The summed E-state index contributed by atoms with van der Waals surface area (Å²) in [6.45, 7) is 0.0993. The van der Waals surface area contributed by atoms with Gasteiger partial charge >= 0.3 is 56.6 Å². The molecule has 3 heterocycles. The molecule has 0 spiro atoms. The smallest absolute Gasteiger partial charge is 0.756 e. The largest absolute Gasteiger partial charge is 1.00 e. The third kappa shape index (κ3) is 16.7. The number of fused-ring (bicyclic) bond motifs is 1. The van der Waals surface area contributed by atoms with Crippen LogP contribution in [0.5, 0.6) is 0 Å². The molecule has 0 aliphatic carbocycles. The van der Waals surface area contributed by atoms with E-state index in [4.69, 9.17) is 10.5 Å². The van der Waals surface area contributed by atoms with Crippen molar-refractivity contribution in [1.29, 1.82) is 0 Å². The van der Waals surface area contributed by atoms with Crippen molar-refractivity contribution < 1.29 is 137 Å². The Balaban J connectivity index is 0.00000580. The molecule has 1 aliphatic rings. The third-order valence-corrected chi connectivity index (χ3v) is 11.7. The molecule has 31 heteroatoms. The van der Waals surface area contributed by atoms with Crippen LogP contribution in [0.3, 0.4) is 0 Å². The number of aromatic nitrogens is 4. The summed E-state index contributed by atoms with van der Waals surface area (Å²) in [6.07, 6.45) is -7.41. The summed E-state index contributed by atoms with van der Waals surface area (Å²) in [4.78, 5) is 94.2. The van der Waals surface area contributed by atoms with E-state index in [9.17, 15) is 57.9 Å². The molecule has 1 saturated heterocycles. The van der Waals surface area contributed by atoms with Gasteiger partial charge in [-0.05, 0) is 0 Å². The van der Waals surface area contributed by atoms with E-state index in [2.05, 4.69) is 43.5 Å². The Morgan fingerprint density at radius 1 is 1.02 bits per heavy atom. The van der Waals surface area contributed by atoms with Gasteiger partial charge in [-0.3, -0.25) is 32.6 Å². The number of imidazole rings is 1. The summed E-state index contributed by atoms with van der Waals surface area (Å²) < 4.78 is 60.8. The van der Waals surface area contributed by atoms with Crippen molar-refractivity contribution in [2.24, 2.45) is 5.41 Å². The predicted molar refractivity (Wildman–Crippen MR) is 186 cm³/mol. The number of thioether (sulfide) groups is 1. The number of rotatable bonds is 20. The molecule has 2 amide bonds. The van der Waals surface area contributed by atoms with Gasteiger partial charge in [-0.15, -0.1) is 0 Å². The maximum absolute atomic E-state index is 12.5. The number of anilines is 1. The second-order valence-electron chi connectivity index (χ2n) is 12.5. The van der Waals surface area contributed by atoms with E-state index in [1.807, 2.05) is 0 Å². The number of carbonyl (C=O) groups is 3. The number of aliphatic hydroxyl groups excluding tert-OH is 2. The molecular formula is C28H37Li3N7O17P3S. The molecule has 59 heavy (non-hydrogen) atoms. The molecule has 0 saturated carbocycles. The van der Waals surface area contributed by atoms with Crippen LogP contribution in [-0.4, -0.2) is 108 Å². The number of ether oxygens (including phenoxy) is 1.